The summed E-state index contributed by atoms with van der Waals surface area (Å²) in [5, 5.41) is 15.6. The molecule has 54 heavy (non-hydrogen) atoms. The Morgan fingerprint density at radius 2 is 1.41 bits per heavy atom. The maximum absolute atomic E-state index is 13.0. The van der Waals surface area contributed by atoms with Crippen LogP contribution < -0.4 is 15.4 Å². The summed E-state index contributed by atoms with van der Waals surface area (Å²) in [6.07, 6.45) is 1.41. The molecule has 2 aliphatic rings. The van der Waals surface area contributed by atoms with Crippen molar-refractivity contribution < 1.29 is 38.4 Å². The molecule has 1 saturated heterocycles. The molecule has 11 nitrogen and oxygen atoms in total. The van der Waals surface area contributed by atoms with Crippen LogP contribution in [0.15, 0.2) is 97.1 Å². The van der Waals surface area contributed by atoms with Crippen LogP contribution in [0, 0.1) is 0 Å². The second-order valence-electron chi connectivity index (χ2n) is 13.0. The van der Waals surface area contributed by atoms with Crippen LogP contribution in [-0.2, 0) is 30.3 Å². The molecule has 4 aromatic carbocycles. The number of hydrogen-bond donors (Lipinski definition) is 3. The lowest BCUT2D eigenvalue weighted by Gasteiger charge is -2.29. The van der Waals surface area contributed by atoms with Gasteiger partial charge < -0.3 is 34.3 Å². The minimum absolute atomic E-state index is 0.196. The zero-order valence-electron chi connectivity index (χ0n) is 30.6. The maximum Gasteiger partial charge on any atom is 0.255 e. The van der Waals surface area contributed by atoms with E-state index in [1.165, 1.54) is 11.1 Å². The van der Waals surface area contributed by atoms with Crippen LogP contribution in [0.4, 0.5) is 5.69 Å². The number of carbonyl (C=O) groups is 3. The molecule has 1 atom stereocenters. The quantitative estimate of drug-likeness (QED) is 0.0597. The SMILES string of the molecule is CC/C(=C(\c1ccc(O)cc1)c1ccc(OCCOCCOCCOCCNc2cccc3c2CN(C2CCC(=O)NC2=O)C3=O)cc1)c1ccccc1. The summed E-state index contributed by atoms with van der Waals surface area (Å²) in [6, 6.07) is 30.6. The van der Waals surface area contributed by atoms with E-state index >= 15 is 0 Å². The largest absolute Gasteiger partial charge is 0.508 e. The lowest BCUT2D eigenvalue weighted by molar-refractivity contribution is -0.136. The minimum atomic E-state index is -0.641. The zero-order valence-corrected chi connectivity index (χ0v) is 30.6. The Balaban J connectivity index is 0.850. The van der Waals surface area contributed by atoms with Gasteiger partial charge in [0.2, 0.25) is 11.8 Å². The molecule has 1 fully saturated rings. The number of carbonyl (C=O) groups excluding carboxylic acids is 3. The van der Waals surface area contributed by atoms with Crippen LogP contribution in [-0.4, -0.2) is 86.6 Å². The second kappa shape index (κ2) is 19.0. The van der Waals surface area contributed by atoms with E-state index in [-0.39, 0.29) is 24.0 Å². The molecule has 0 radical (unpaired) electrons. The van der Waals surface area contributed by atoms with Crippen molar-refractivity contribution in [2.24, 2.45) is 0 Å². The van der Waals surface area contributed by atoms with Crippen LogP contribution in [0.3, 0.4) is 0 Å². The van der Waals surface area contributed by atoms with E-state index in [9.17, 15) is 19.5 Å². The van der Waals surface area contributed by atoms with E-state index in [1.54, 1.807) is 23.1 Å². The summed E-state index contributed by atoms with van der Waals surface area (Å²) in [6.45, 7) is 6.06. The molecule has 282 valence electrons. The van der Waals surface area contributed by atoms with Gasteiger partial charge >= 0.3 is 0 Å². The second-order valence-corrected chi connectivity index (χ2v) is 13.0. The first-order valence-electron chi connectivity index (χ1n) is 18.5. The molecule has 1 unspecified atom stereocenters. The highest BCUT2D eigenvalue weighted by Gasteiger charge is 2.39. The van der Waals surface area contributed by atoms with Gasteiger partial charge in [-0.25, -0.2) is 0 Å². The number of allylic oxidation sites excluding steroid dienone is 1. The predicted molar refractivity (Wildman–Crippen MR) is 206 cm³/mol. The third-order valence-corrected chi connectivity index (χ3v) is 9.46. The molecule has 11 heteroatoms. The van der Waals surface area contributed by atoms with Gasteiger partial charge in [-0.15, -0.1) is 0 Å². The molecule has 3 amide bonds. The van der Waals surface area contributed by atoms with E-state index in [1.807, 2.05) is 54.6 Å². The number of nitrogens with zero attached hydrogens (tertiary/aromatic N) is 1. The summed E-state index contributed by atoms with van der Waals surface area (Å²) in [4.78, 5) is 38.5. The average Bonchev–Trinajstić information content (AvgIpc) is 3.53. The van der Waals surface area contributed by atoms with Crippen LogP contribution >= 0.6 is 0 Å². The van der Waals surface area contributed by atoms with Crippen molar-refractivity contribution in [1.29, 1.82) is 0 Å². The number of amides is 3. The Kier molecular flexibility index (Phi) is 13.5. The number of benzene rings is 4. The molecule has 3 N–H and O–H groups in total. The maximum atomic E-state index is 13.0. The number of nitrogens with one attached hydrogen (secondary N) is 2. The topological polar surface area (TPSA) is 136 Å². The van der Waals surface area contributed by atoms with E-state index < -0.39 is 11.9 Å². The van der Waals surface area contributed by atoms with Crippen LogP contribution in [0.2, 0.25) is 0 Å². The number of phenolic OH excluding ortho intramolecular Hbond substituents is 1. The molecule has 0 spiro atoms. The van der Waals surface area contributed by atoms with Gasteiger partial charge in [0, 0.05) is 36.3 Å². The Morgan fingerprint density at radius 1 is 0.759 bits per heavy atom. The summed E-state index contributed by atoms with van der Waals surface area (Å²) in [7, 11) is 0. The van der Waals surface area contributed by atoms with Crippen molar-refractivity contribution in [3.05, 3.63) is 125 Å². The van der Waals surface area contributed by atoms with E-state index in [4.69, 9.17) is 18.9 Å². The van der Waals surface area contributed by atoms with Crippen LogP contribution in [0.1, 0.15) is 58.8 Å². The first kappa shape index (κ1) is 38.2. The highest BCUT2D eigenvalue weighted by molar-refractivity contribution is 6.06. The van der Waals surface area contributed by atoms with E-state index in [2.05, 4.69) is 41.8 Å². The summed E-state index contributed by atoms with van der Waals surface area (Å²) < 4.78 is 22.9. The summed E-state index contributed by atoms with van der Waals surface area (Å²) in [5.74, 6) is 0.0746. The molecular weight excluding hydrogens is 686 g/mol. The minimum Gasteiger partial charge on any atom is -0.508 e. The summed E-state index contributed by atoms with van der Waals surface area (Å²) >= 11 is 0. The predicted octanol–water partition coefficient (Wildman–Crippen LogP) is 6.06. The van der Waals surface area contributed by atoms with Crippen molar-refractivity contribution in [3.8, 4) is 11.5 Å². The van der Waals surface area contributed by atoms with Crippen LogP contribution in [0.25, 0.3) is 11.1 Å². The normalized spacial score (nSPS) is 15.8. The fourth-order valence-electron chi connectivity index (χ4n) is 6.80. The number of piperidine rings is 1. The fraction of sp³-hybridized carbons (Fsp3) is 0.326. The van der Waals surface area contributed by atoms with Gasteiger partial charge in [0.25, 0.3) is 5.91 Å². The van der Waals surface area contributed by atoms with Crippen molar-refractivity contribution >= 4 is 34.6 Å². The van der Waals surface area contributed by atoms with Gasteiger partial charge in [0.1, 0.15) is 24.1 Å². The smallest absolute Gasteiger partial charge is 0.255 e. The number of rotatable bonds is 19. The van der Waals surface area contributed by atoms with Crippen LogP contribution in [0.5, 0.6) is 11.5 Å². The molecular formula is C43H47N3O8. The molecule has 0 aromatic heterocycles. The van der Waals surface area contributed by atoms with Gasteiger partial charge in [-0.2, -0.15) is 0 Å². The lowest BCUT2D eigenvalue weighted by atomic mass is 9.88. The number of phenols is 1. The number of ether oxygens (including phenoxy) is 4. The highest BCUT2D eigenvalue weighted by atomic mass is 16.6. The molecule has 0 bridgehead atoms. The first-order chi connectivity index (χ1) is 26.4. The van der Waals surface area contributed by atoms with Gasteiger partial charge in [-0.05, 0) is 77.1 Å². The van der Waals surface area contributed by atoms with Crippen molar-refractivity contribution in [2.45, 2.75) is 38.8 Å². The Morgan fingerprint density at radius 3 is 2.07 bits per heavy atom. The van der Waals surface area contributed by atoms with Gasteiger partial charge in [-0.1, -0.05) is 67.6 Å². The zero-order chi connectivity index (χ0) is 37.7. The number of aromatic hydroxyl groups is 1. The fourth-order valence-corrected chi connectivity index (χ4v) is 6.80. The third-order valence-electron chi connectivity index (χ3n) is 9.46. The monoisotopic (exact) mass is 733 g/mol. The van der Waals surface area contributed by atoms with Gasteiger partial charge in [0.15, 0.2) is 0 Å². The molecule has 6 rings (SSSR count). The average molecular weight is 734 g/mol. The van der Waals surface area contributed by atoms with Gasteiger partial charge in [-0.3, -0.25) is 19.7 Å². The Labute approximate surface area is 315 Å². The number of imide groups is 1. The Hall–Kier alpha value is -5.49. The number of fused-ring (bicyclic) bond motifs is 1. The van der Waals surface area contributed by atoms with E-state index in [0.29, 0.717) is 71.3 Å². The molecule has 2 aliphatic heterocycles. The van der Waals surface area contributed by atoms with Crippen molar-refractivity contribution in [3.63, 3.8) is 0 Å². The molecule has 4 aromatic rings. The third kappa shape index (κ3) is 9.73. The van der Waals surface area contributed by atoms with Crippen molar-refractivity contribution in [1.82, 2.24) is 10.2 Å². The molecule has 0 saturated carbocycles. The highest BCUT2D eigenvalue weighted by Crippen LogP contribution is 2.36. The summed E-state index contributed by atoms with van der Waals surface area (Å²) in [5.41, 5.74) is 7.86. The van der Waals surface area contributed by atoms with Gasteiger partial charge in [0.05, 0.1) is 39.6 Å². The number of anilines is 1. The van der Waals surface area contributed by atoms with Crippen molar-refractivity contribution in [2.75, 3.05) is 58.1 Å². The standard InChI is InChI=1S/C43H47N3O8/c1-2-35(30-7-4-3-5-8-30)41(31-11-15-33(47)16-12-31)32-13-17-34(18-14-32)54-28-27-53-26-25-52-24-23-51-22-21-44-38-10-6-9-36-37(38)29-46(43(36)50)39-19-20-40(48)45-42(39)49/h3-18,39,44,47H,2,19-29H2,1H3,(H,45,48,49)/b41-35-. The first-order valence-corrected chi connectivity index (χ1v) is 18.5. The Bertz CT molecular complexity index is 1910. The number of hydrogen-bond acceptors (Lipinski definition) is 9. The van der Waals surface area contributed by atoms with E-state index in [0.717, 1.165) is 40.1 Å². The molecule has 0 aliphatic carbocycles. The lowest BCUT2D eigenvalue weighted by Crippen LogP contribution is -2.52. The molecule has 2 heterocycles.